The Morgan fingerprint density at radius 3 is 2.12 bits per heavy atom. The molecule has 0 fully saturated rings. The van der Waals surface area contributed by atoms with Crippen LogP contribution in [0.25, 0.3) is 32.2 Å². The third kappa shape index (κ3) is 6.58. The summed E-state index contributed by atoms with van der Waals surface area (Å²) < 4.78 is 1.32. The number of fused-ring (bicyclic) bond motifs is 3. The van der Waals surface area contributed by atoms with E-state index in [0.717, 1.165) is 11.2 Å². The fourth-order valence-corrected chi connectivity index (χ4v) is 4.22. The van der Waals surface area contributed by atoms with Gasteiger partial charge in [-0.05, 0) is 42.3 Å². The molecule has 1 N–H and O–H groups in total. The van der Waals surface area contributed by atoms with Gasteiger partial charge in [-0.1, -0.05) is 63.2 Å². The van der Waals surface area contributed by atoms with Crippen LogP contribution >= 0.6 is 11.3 Å². The predicted molar refractivity (Wildman–Crippen MR) is 135 cm³/mol. The van der Waals surface area contributed by atoms with E-state index in [1.807, 2.05) is 0 Å². The van der Waals surface area contributed by atoms with E-state index < -0.39 is 0 Å². The molecular formula is C27H30IrNO2S-. The molecule has 2 heterocycles. The number of benzene rings is 2. The molecule has 4 aromatic rings. The van der Waals surface area contributed by atoms with Crippen molar-refractivity contribution in [3.63, 3.8) is 0 Å². The first-order valence-corrected chi connectivity index (χ1v) is 10.8. The summed E-state index contributed by atoms with van der Waals surface area (Å²) in [5, 5.41) is 13.0. The van der Waals surface area contributed by atoms with E-state index in [9.17, 15) is 4.79 Å². The van der Waals surface area contributed by atoms with Gasteiger partial charge in [-0.2, -0.15) is 0 Å². The largest absolute Gasteiger partial charge is 0.512 e. The van der Waals surface area contributed by atoms with Gasteiger partial charge in [0.25, 0.3) is 0 Å². The van der Waals surface area contributed by atoms with Gasteiger partial charge < -0.3 is 12.5 Å². The van der Waals surface area contributed by atoms with E-state index in [4.69, 9.17) is 10.1 Å². The number of hydrogen-bond donors (Lipinski definition) is 1. The molecule has 0 spiro atoms. The third-order valence-electron chi connectivity index (χ3n) is 4.74. The second-order valence-electron chi connectivity index (χ2n) is 8.36. The Bertz CT molecular complexity index is 1210. The molecule has 0 aliphatic carbocycles. The number of hydrogen-bond acceptors (Lipinski definition) is 4. The van der Waals surface area contributed by atoms with Crippen LogP contribution in [0.15, 0.2) is 71.8 Å². The maximum absolute atomic E-state index is 10.0. The molecule has 3 nitrogen and oxygen atoms in total. The van der Waals surface area contributed by atoms with E-state index in [-0.39, 0.29) is 44.5 Å². The first-order valence-electron chi connectivity index (χ1n) is 9.91. The van der Waals surface area contributed by atoms with Gasteiger partial charge in [-0.25, -0.2) is 4.98 Å². The zero-order chi connectivity index (χ0) is 21.9. The molecule has 171 valence electrons. The maximum atomic E-state index is 10.0. The van der Waals surface area contributed by atoms with Gasteiger partial charge in [0.05, 0.1) is 17.0 Å². The van der Waals surface area contributed by atoms with Gasteiger partial charge in [0, 0.05) is 47.2 Å². The standard InChI is InChI=1S/C21H19NS.C5H8O2.CH3.Ir/c1-21(2,3)15-10-8-14(9-11-15)19-17-12-13-23-20(17)16-6-4-5-7-18(16)22-19;1-4(6)3-5(2)7;;/h4-13H,1-3H3;3,6H,1-2H3;1H3;/q;;-1;/b;4-3-;;. The number of aliphatic hydroxyl groups is 1. The third-order valence-corrected chi connectivity index (χ3v) is 5.69. The quantitative estimate of drug-likeness (QED) is 0.140. The summed E-state index contributed by atoms with van der Waals surface area (Å²) in [7, 11) is 0. The minimum absolute atomic E-state index is 0. The van der Waals surface area contributed by atoms with Crippen molar-refractivity contribution in [1.29, 1.82) is 0 Å². The van der Waals surface area contributed by atoms with Crippen LogP contribution in [0.5, 0.6) is 0 Å². The van der Waals surface area contributed by atoms with Crippen LogP contribution in [-0.2, 0) is 30.3 Å². The second kappa shape index (κ2) is 11.5. The molecule has 4 rings (SSSR count). The van der Waals surface area contributed by atoms with Crippen LogP contribution < -0.4 is 0 Å². The smallest absolute Gasteiger partial charge is 0.155 e. The average molecular weight is 625 g/mol. The van der Waals surface area contributed by atoms with Crippen molar-refractivity contribution in [2.75, 3.05) is 0 Å². The van der Waals surface area contributed by atoms with Crippen LogP contribution in [0, 0.1) is 7.43 Å². The zero-order valence-corrected chi connectivity index (χ0v) is 22.6. The Morgan fingerprint density at radius 2 is 1.59 bits per heavy atom. The molecule has 0 aliphatic heterocycles. The van der Waals surface area contributed by atoms with Gasteiger partial charge in [0.2, 0.25) is 0 Å². The number of carbonyl (C=O) groups is 1. The summed E-state index contributed by atoms with van der Waals surface area (Å²) in [6.45, 7) is 9.58. The number of para-hydroxylation sites is 1. The van der Waals surface area contributed by atoms with Gasteiger partial charge in [0.15, 0.2) is 5.78 Å². The van der Waals surface area contributed by atoms with Gasteiger partial charge in [-0.15, -0.1) is 11.3 Å². The van der Waals surface area contributed by atoms with E-state index in [0.29, 0.717) is 0 Å². The van der Waals surface area contributed by atoms with Crippen molar-refractivity contribution in [1.82, 2.24) is 4.98 Å². The van der Waals surface area contributed by atoms with E-state index in [1.54, 1.807) is 11.3 Å². The van der Waals surface area contributed by atoms with E-state index in [1.165, 1.54) is 46.5 Å². The van der Waals surface area contributed by atoms with Crippen molar-refractivity contribution < 1.29 is 30.0 Å². The summed E-state index contributed by atoms with van der Waals surface area (Å²) in [6.07, 6.45) is 1.17. The number of carbonyl (C=O) groups excluding carboxylic acids is 1. The Labute approximate surface area is 208 Å². The minimum atomic E-state index is -0.125. The molecule has 32 heavy (non-hydrogen) atoms. The Kier molecular flexibility index (Phi) is 9.96. The van der Waals surface area contributed by atoms with Crippen LogP contribution in [0.2, 0.25) is 0 Å². The molecule has 0 amide bonds. The maximum Gasteiger partial charge on any atom is 0.155 e. The van der Waals surface area contributed by atoms with E-state index in [2.05, 4.69) is 80.7 Å². The minimum Gasteiger partial charge on any atom is -0.512 e. The van der Waals surface area contributed by atoms with E-state index >= 15 is 0 Å². The summed E-state index contributed by atoms with van der Waals surface area (Å²) in [5.74, 6) is -0.0625. The first kappa shape index (κ1) is 27.7. The summed E-state index contributed by atoms with van der Waals surface area (Å²) in [4.78, 5) is 15.0. The van der Waals surface area contributed by atoms with Crippen molar-refractivity contribution in [2.45, 2.75) is 40.0 Å². The predicted octanol–water partition coefficient (Wildman–Crippen LogP) is 7.90. The molecular weight excluding hydrogens is 595 g/mol. The molecule has 0 aliphatic rings. The molecule has 1 radical (unpaired) electrons. The van der Waals surface area contributed by atoms with Crippen LogP contribution in [0.4, 0.5) is 0 Å². The molecule has 5 heteroatoms. The average Bonchev–Trinajstić information content (AvgIpc) is 3.16. The van der Waals surface area contributed by atoms with Crippen molar-refractivity contribution >= 4 is 38.1 Å². The molecule has 0 saturated heterocycles. The zero-order valence-electron chi connectivity index (χ0n) is 19.4. The fraction of sp³-hybridized carbons (Fsp3) is 0.222. The van der Waals surface area contributed by atoms with Gasteiger partial charge in [0.1, 0.15) is 0 Å². The number of rotatable bonds is 2. The topological polar surface area (TPSA) is 50.2 Å². The monoisotopic (exact) mass is 625 g/mol. The van der Waals surface area contributed by atoms with Gasteiger partial charge >= 0.3 is 0 Å². The number of allylic oxidation sites excluding steroid dienone is 2. The normalized spacial score (nSPS) is 11.2. The molecule has 0 atom stereocenters. The summed E-state index contributed by atoms with van der Waals surface area (Å²) >= 11 is 1.79. The number of ketones is 1. The Morgan fingerprint density at radius 1 is 0.969 bits per heavy atom. The number of thiophene rings is 1. The molecule has 2 aromatic heterocycles. The molecule has 0 bridgehead atoms. The Hall–Kier alpha value is -2.33. The van der Waals surface area contributed by atoms with Crippen molar-refractivity contribution in [2.24, 2.45) is 0 Å². The summed E-state index contributed by atoms with van der Waals surface area (Å²) in [6, 6.07) is 19.4. The molecule has 2 aromatic carbocycles. The fourth-order valence-electron chi connectivity index (χ4n) is 3.29. The van der Waals surface area contributed by atoms with Crippen LogP contribution in [0.3, 0.4) is 0 Å². The molecule has 0 unspecified atom stereocenters. The van der Waals surface area contributed by atoms with Crippen molar-refractivity contribution in [3.8, 4) is 11.3 Å². The Balaban J connectivity index is 0.000000501. The number of aromatic nitrogens is 1. The summed E-state index contributed by atoms with van der Waals surface area (Å²) in [5.41, 5.74) is 4.86. The second-order valence-corrected chi connectivity index (χ2v) is 9.28. The number of nitrogens with zero attached hydrogens (tertiary/aromatic N) is 1. The van der Waals surface area contributed by atoms with Crippen LogP contribution in [0.1, 0.15) is 40.2 Å². The number of aliphatic hydroxyl groups excluding tert-OH is 1. The number of pyridine rings is 1. The SMILES string of the molecule is CC(=O)/C=C(/C)O.CC(C)(C)c1ccc(-c2nc3ccccc3c3sccc23)cc1.[CH3-].[Ir]. The van der Waals surface area contributed by atoms with Gasteiger partial charge in [-0.3, -0.25) is 4.79 Å². The van der Waals surface area contributed by atoms with Crippen molar-refractivity contribution in [3.05, 3.63) is 84.8 Å². The first-order chi connectivity index (χ1) is 14.2. The molecule has 0 saturated carbocycles. The van der Waals surface area contributed by atoms with Crippen LogP contribution in [-0.4, -0.2) is 15.9 Å².